The van der Waals surface area contributed by atoms with Crippen molar-refractivity contribution in [2.45, 2.75) is 326 Å². The quantitative estimate of drug-likeness (QED) is 0.0169. The van der Waals surface area contributed by atoms with Crippen LogP contribution in [-0.2, 0) is 61.9 Å². The molecule has 468 valence electrons. The van der Waals surface area contributed by atoms with Gasteiger partial charge in [0.15, 0.2) is 6.10 Å². The predicted molar refractivity (Wildman–Crippen MR) is 316 cm³/mol. The molecule has 1 heterocycles. The molecule has 1 saturated heterocycles. The van der Waals surface area contributed by atoms with Gasteiger partial charge in [-0.25, -0.2) is 14.4 Å². The van der Waals surface area contributed by atoms with E-state index in [1.807, 2.05) is 0 Å². The molecule has 9 atom stereocenters. The summed E-state index contributed by atoms with van der Waals surface area (Å²) in [4.78, 5) is 74.4. The van der Waals surface area contributed by atoms with Crippen LogP contribution in [0.4, 0.5) is 0 Å². The van der Waals surface area contributed by atoms with Gasteiger partial charge in [-0.2, -0.15) is 0 Å². The predicted octanol–water partition coefficient (Wildman–Crippen LogP) is 13.4. The highest BCUT2D eigenvalue weighted by atomic mass is 16.6. The molecule has 0 aliphatic carbocycles. The minimum Gasteiger partial charge on any atom is -0.462 e. The van der Waals surface area contributed by atoms with Gasteiger partial charge in [0, 0.05) is 43.9 Å². The molecule has 81 heavy (non-hydrogen) atoms. The van der Waals surface area contributed by atoms with Crippen LogP contribution in [0.5, 0.6) is 0 Å². The average Bonchev–Trinajstić information content (AvgIpc) is 4.20. The molecule has 16 nitrogen and oxygen atoms in total. The number of epoxide rings is 1. The van der Waals surface area contributed by atoms with Crippen molar-refractivity contribution in [3.05, 3.63) is 38.0 Å². The number of ether oxygens (including phenoxy) is 7. The Bertz CT molecular complexity index is 1690. The number of aliphatic hydroxyl groups is 3. The SMILES string of the molecule is C=CC(=O)OC(CCCCCCC)C(O)CCCCCCCC(=O)OCC(COC(=O)CCCCCCCC(O)C(CCCCCCCC)OC(=O)C=C)OC(=O)CCCCCCCC1OC1CC(O)C(CCCCC)OC(=O)C=C. The number of hydrogen-bond acceptors (Lipinski definition) is 16. The second-order valence-corrected chi connectivity index (χ2v) is 22.3. The van der Waals surface area contributed by atoms with Gasteiger partial charge < -0.3 is 48.5 Å². The van der Waals surface area contributed by atoms with Gasteiger partial charge in [-0.1, -0.05) is 188 Å². The van der Waals surface area contributed by atoms with Crippen molar-refractivity contribution in [2.75, 3.05) is 13.2 Å². The highest BCUT2D eigenvalue weighted by Gasteiger charge is 2.41. The lowest BCUT2D eigenvalue weighted by Crippen LogP contribution is -2.32. The maximum atomic E-state index is 13.0. The normalized spacial score (nSPS) is 16.4. The smallest absolute Gasteiger partial charge is 0.330 e. The van der Waals surface area contributed by atoms with Crippen LogP contribution in [0.1, 0.15) is 271 Å². The number of esters is 6. The Morgan fingerprint density at radius 3 is 1.12 bits per heavy atom. The Hall–Kier alpha value is -4.12. The van der Waals surface area contributed by atoms with Gasteiger partial charge in [-0.3, -0.25) is 14.4 Å². The van der Waals surface area contributed by atoms with Crippen LogP contribution in [0.15, 0.2) is 38.0 Å². The summed E-state index contributed by atoms with van der Waals surface area (Å²) in [5.41, 5.74) is 0. The lowest BCUT2D eigenvalue weighted by Gasteiger charge is -2.23. The fourth-order valence-electron chi connectivity index (χ4n) is 9.98. The first-order valence-corrected chi connectivity index (χ1v) is 31.9. The number of carbonyl (C=O) groups excluding carboxylic acids is 6. The molecule has 9 unspecified atom stereocenters. The maximum Gasteiger partial charge on any atom is 0.330 e. The molecule has 0 spiro atoms. The summed E-state index contributed by atoms with van der Waals surface area (Å²) in [6.45, 7) is 16.4. The summed E-state index contributed by atoms with van der Waals surface area (Å²) < 4.78 is 39.0. The van der Waals surface area contributed by atoms with E-state index in [-0.39, 0.29) is 44.7 Å². The molecule has 0 bridgehead atoms. The van der Waals surface area contributed by atoms with Crippen LogP contribution >= 0.6 is 0 Å². The van der Waals surface area contributed by atoms with Gasteiger partial charge in [0.25, 0.3) is 0 Å². The monoisotopic (exact) mass is 1150 g/mol. The van der Waals surface area contributed by atoms with Crippen molar-refractivity contribution < 1.29 is 77.2 Å². The molecule has 0 saturated carbocycles. The molecule has 0 aromatic heterocycles. The van der Waals surface area contributed by atoms with E-state index in [1.54, 1.807) is 0 Å². The fourth-order valence-corrected chi connectivity index (χ4v) is 9.98. The Kier molecular flexibility index (Phi) is 46.6. The van der Waals surface area contributed by atoms with Gasteiger partial charge in [0.05, 0.1) is 30.5 Å². The first-order valence-electron chi connectivity index (χ1n) is 31.9. The topological polar surface area (TPSA) is 231 Å². The largest absolute Gasteiger partial charge is 0.462 e. The first kappa shape index (κ1) is 74.9. The van der Waals surface area contributed by atoms with E-state index < -0.39 is 78.5 Å². The molecule has 0 aromatic rings. The molecule has 1 aliphatic heterocycles. The minimum absolute atomic E-state index is 0.0627. The lowest BCUT2D eigenvalue weighted by atomic mass is 9.99. The van der Waals surface area contributed by atoms with E-state index in [0.717, 1.165) is 172 Å². The molecular weight excluding hydrogens is 1040 g/mol. The van der Waals surface area contributed by atoms with Crippen LogP contribution in [-0.4, -0.2) is 119 Å². The molecule has 1 aliphatic rings. The van der Waals surface area contributed by atoms with Crippen LogP contribution in [0, 0.1) is 0 Å². The minimum atomic E-state index is -0.963. The Morgan fingerprint density at radius 2 is 0.716 bits per heavy atom. The van der Waals surface area contributed by atoms with Crippen LogP contribution in [0.3, 0.4) is 0 Å². The van der Waals surface area contributed by atoms with Crippen molar-refractivity contribution in [1.29, 1.82) is 0 Å². The summed E-state index contributed by atoms with van der Waals surface area (Å²) in [5, 5.41) is 32.5. The van der Waals surface area contributed by atoms with Crippen LogP contribution in [0.25, 0.3) is 0 Å². The van der Waals surface area contributed by atoms with Crippen molar-refractivity contribution in [3.8, 4) is 0 Å². The van der Waals surface area contributed by atoms with Crippen molar-refractivity contribution in [2.24, 2.45) is 0 Å². The van der Waals surface area contributed by atoms with Crippen molar-refractivity contribution in [1.82, 2.24) is 0 Å². The highest BCUT2D eigenvalue weighted by molar-refractivity contribution is 5.82. The third-order valence-corrected chi connectivity index (χ3v) is 15.1. The first-order chi connectivity index (χ1) is 39.2. The molecule has 3 N–H and O–H groups in total. The molecule has 1 rings (SSSR count). The van der Waals surface area contributed by atoms with E-state index in [1.165, 1.54) is 19.3 Å². The second-order valence-electron chi connectivity index (χ2n) is 22.3. The molecule has 0 aromatic carbocycles. The van der Waals surface area contributed by atoms with Gasteiger partial charge in [0.1, 0.15) is 31.5 Å². The van der Waals surface area contributed by atoms with Crippen LogP contribution in [0.2, 0.25) is 0 Å². The summed E-state index contributed by atoms with van der Waals surface area (Å²) in [7, 11) is 0. The zero-order valence-electron chi connectivity index (χ0n) is 50.7. The molecule has 1 fully saturated rings. The third kappa shape index (κ3) is 41.5. The molecule has 16 heteroatoms. The van der Waals surface area contributed by atoms with Gasteiger partial charge in [-0.05, 0) is 77.0 Å². The zero-order valence-corrected chi connectivity index (χ0v) is 50.7. The summed E-state index contributed by atoms with van der Waals surface area (Å²) in [5.74, 6) is -2.95. The van der Waals surface area contributed by atoms with E-state index >= 15 is 0 Å². The molecular formula is C65H112O16. The number of unbranched alkanes of at least 4 members (excludes halogenated alkanes) is 23. The second kappa shape index (κ2) is 50.4. The standard InChI is InChI=1S/C65H112O16/c1-7-13-16-18-25-34-43-56(80-61(70)11-5)53(67)40-32-24-20-28-37-46-64(73)76-50-51(49-75-63(72)45-36-27-19-23-31-39-52(66)55(79-60(69)10-4)42-33-22-17-14-8-2)77-65(74)47-38-29-21-26-35-44-58-59(78-58)48-54(68)57(41-30-15-9-3)81-62(71)12-6/h10-12,51-59,66-68H,4-9,13-50H2,1-3H3. The van der Waals surface area contributed by atoms with Gasteiger partial charge >= 0.3 is 35.8 Å². The average molecular weight is 1150 g/mol. The van der Waals surface area contributed by atoms with Gasteiger partial charge in [-0.15, -0.1) is 0 Å². The van der Waals surface area contributed by atoms with Crippen LogP contribution < -0.4 is 0 Å². The number of hydrogen-bond donors (Lipinski definition) is 3. The Morgan fingerprint density at radius 1 is 0.395 bits per heavy atom. The Labute approximate surface area is 488 Å². The highest BCUT2D eigenvalue weighted by Crippen LogP contribution is 2.33. The molecule has 0 radical (unpaired) electrons. The summed E-state index contributed by atoms with van der Waals surface area (Å²) in [6.07, 6.45) is 29.6. The third-order valence-electron chi connectivity index (χ3n) is 15.1. The summed E-state index contributed by atoms with van der Waals surface area (Å²) in [6, 6.07) is 0. The fraction of sp³-hybridized carbons (Fsp3) is 0.815. The number of carbonyl (C=O) groups is 6. The van der Waals surface area contributed by atoms with E-state index in [2.05, 4.69) is 40.5 Å². The summed E-state index contributed by atoms with van der Waals surface area (Å²) >= 11 is 0. The van der Waals surface area contributed by atoms with Crippen molar-refractivity contribution >= 4 is 35.8 Å². The maximum absolute atomic E-state index is 13.0. The van der Waals surface area contributed by atoms with E-state index in [9.17, 15) is 44.1 Å². The van der Waals surface area contributed by atoms with Crippen molar-refractivity contribution in [3.63, 3.8) is 0 Å². The zero-order chi connectivity index (χ0) is 59.7. The molecule has 0 amide bonds. The lowest BCUT2D eigenvalue weighted by molar-refractivity contribution is -0.167. The van der Waals surface area contributed by atoms with E-state index in [4.69, 9.17) is 33.2 Å². The number of aliphatic hydroxyl groups excluding tert-OH is 3. The number of rotatable bonds is 57. The van der Waals surface area contributed by atoms with Gasteiger partial charge in [0.2, 0.25) is 0 Å². The Balaban J connectivity index is 2.59. The van der Waals surface area contributed by atoms with E-state index in [0.29, 0.717) is 57.8 Å².